The van der Waals surface area contributed by atoms with E-state index in [0.29, 0.717) is 8.95 Å². The summed E-state index contributed by atoms with van der Waals surface area (Å²) < 4.78 is 0.861. The van der Waals surface area contributed by atoms with Gasteiger partial charge in [-0.25, -0.2) is 4.90 Å². The summed E-state index contributed by atoms with van der Waals surface area (Å²) in [6, 6.07) is 24.7. The number of benzene rings is 4. The van der Waals surface area contributed by atoms with E-state index in [1.807, 2.05) is 0 Å². The summed E-state index contributed by atoms with van der Waals surface area (Å²) in [5.74, 6) is -2.04. The fraction of sp³-hybridized carbons (Fsp3) is 0. The summed E-state index contributed by atoms with van der Waals surface area (Å²) in [6.07, 6.45) is 0. The summed E-state index contributed by atoms with van der Waals surface area (Å²) in [7, 11) is 0. The van der Waals surface area contributed by atoms with Crippen LogP contribution in [-0.2, 0) is 0 Å². The minimum Gasteiger partial charge on any atom is -0.289 e. The first-order valence-corrected chi connectivity index (χ1v) is 12.2. The Balaban J connectivity index is 1.78. The number of amides is 2. The number of fused-ring (bicyclic) bond motifs is 2. The predicted octanol–water partition coefficient (Wildman–Crippen LogP) is 6.47. The van der Waals surface area contributed by atoms with Crippen LogP contribution in [0.2, 0.25) is 0 Å². The smallest absolute Gasteiger partial charge is 0.265 e. The van der Waals surface area contributed by atoms with Gasteiger partial charge in [0.25, 0.3) is 11.8 Å². The molecule has 0 heterocycles. The molecule has 4 aromatic rings. The number of hydrogen-bond donors (Lipinski definition) is 0. The fourth-order valence-corrected chi connectivity index (χ4v) is 5.20. The van der Waals surface area contributed by atoms with E-state index in [2.05, 4.69) is 31.9 Å². The SMILES string of the molecule is O=C1c2cccc(Br)c2C(=O)c2c(N(C(=O)c3ccccc3)C(=O)c3ccccc3)ccc(Br)c21. The van der Waals surface area contributed by atoms with Gasteiger partial charge in [0.05, 0.1) is 16.8 Å². The molecular formula is C28H15Br2NO4. The van der Waals surface area contributed by atoms with Gasteiger partial charge in [0, 0.05) is 31.2 Å². The van der Waals surface area contributed by atoms with Gasteiger partial charge < -0.3 is 0 Å². The first-order valence-electron chi connectivity index (χ1n) is 10.6. The molecule has 0 radical (unpaired) electrons. The number of halogens is 2. The van der Waals surface area contributed by atoms with Crippen LogP contribution in [0.4, 0.5) is 5.69 Å². The van der Waals surface area contributed by atoms with Crippen LogP contribution in [0.15, 0.2) is 99.9 Å². The highest BCUT2D eigenvalue weighted by atomic mass is 79.9. The second-order valence-electron chi connectivity index (χ2n) is 7.81. The Labute approximate surface area is 217 Å². The molecule has 0 unspecified atom stereocenters. The minimum atomic E-state index is -0.609. The average Bonchev–Trinajstić information content (AvgIpc) is 2.88. The van der Waals surface area contributed by atoms with Crippen LogP contribution in [0.3, 0.4) is 0 Å². The van der Waals surface area contributed by atoms with Crippen molar-refractivity contribution < 1.29 is 19.2 Å². The highest BCUT2D eigenvalue weighted by molar-refractivity contribution is 9.10. The number of rotatable bonds is 3. The van der Waals surface area contributed by atoms with E-state index in [-0.39, 0.29) is 44.9 Å². The van der Waals surface area contributed by atoms with E-state index in [4.69, 9.17) is 0 Å². The van der Waals surface area contributed by atoms with E-state index in [9.17, 15) is 19.2 Å². The molecule has 0 atom stereocenters. The minimum absolute atomic E-state index is 0.00247. The number of hydrogen-bond acceptors (Lipinski definition) is 4. The summed E-state index contributed by atoms with van der Waals surface area (Å²) in [6.45, 7) is 0. The summed E-state index contributed by atoms with van der Waals surface area (Å²) >= 11 is 6.78. The van der Waals surface area contributed by atoms with Crippen molar-refractivity contribution in [1.29, 1.82) is 0 Å². The van der Waals surface area contributed by atoms with Crippen molar-refractivity contribution in [3.63, 3.8) is 0 Å². The largest absolute Gasteiger partial charge is 0.289 e. The lowest BCUT2D eigenvalue weighted by atomic mass is 9.83. The maximum Gasteiger partial charge on any atom is 0.265 e. The van der Waals surface area contributed by atoms with E-state index in [1.165, 1.54) is 6.07 Å². The zero-order chi connectivity index (χ0) is 24.7. The second kappa shape index (κ2) is 9.17. The Morgan fingerprint density at radius 3 is 1.66 bits per heavy atom. The van der Waals surface area contributed by atoms with Crippen LogP contribution in [0.1, 0.15) is 52.6 Å². The van der Waals surface area contributed by atoms with Gasteiger partial charge in [-0.05, 0) is 42.5 Å². The maximum absolute atomic E-state index is 13.8. The van der Waals surface area contributed by atoms with Gasteiger partial charge in [0.1, 0.15) is 0 Å². The molecule has 0 N–H and O–H groups in total. The Morgan fingerprint density at radius 1 is 0.543 bits per heavy atom. The summed E-state index contributed by atoms with van der Waals surface area (Å²) in [5, 5.41) is 0. The fourth-order valence-electron chi connectivity index (χ4n) is 4.14. The molecule has 0 aromatic heterocycles. The lowest BCUT2D eigenvalue weighted by Gasteiger charge is -2.28. The molecule has 4 aromatic carbocycles. The summed E-state index contributed by atoms with van der Waals surface area (Å²) in [5.41, 5.74) is 1.15. The van der Waals surface area contributed by atoms with Crippen molar-refractivity contribution in [2.24, 2.45) is 0 Å². The lowest BCUT2D eigenvalue weighted by Crippen LogP contribution is -2.39. The molecular weight excluding hydrogens is 574 g/mol. The van der Waals surface area contributed by atoms with Crippen molar-refractivity contribution in [2.45, 2.75) is 0 Å². The third-order valence-corrected chi connectivity index (χ3v) is 7.08. The molecule has 1 aliphatic carbocycles. The summed E-state index contributed by atoms with van der Waals surface area (Å²) in [4.78, 5) is 55.7. The Bertz CT molecular complexity index is 1480. The molecule has 5 nitrogen and oxygen atoms in total. The Hall–Kier alpha value is -3.68. The van der Waals surface area contributed by atoms with Crippen LogP contribution in [0.25, 0.3) is 0 Å². The normalized spacial score (nSPS) is 12.1. The highest BCUT2D eigenvalue weighted by Crippen LogP contribution is 2.40. The van der Waals surface area contributed by atoms with Crippen molar-refractivity contribution in [3.8, 4) is 0 Å². The number of anilines is 1. The van der Waals surface area contributed by atoms with E-state index in [0.717, 1.165) is 4.90 Å². The van der Waals surface area contributed by atoms with Gasteiger partial charge in [-0.15, -0.1) is 0 Å². The number of carbonyl (C=O) groups is 4. The highest BCUT2D eigenvalue weighted by Gasteiger charge is 2.38. The van der Waals surface area contributed by atoms with Crippen LogP contribution < -0.4 is 4.90 Å². The van der Waals surface area contributed by atoms with Crippen molar-refractivity contribution in [3.05, 3.63) is 133 Å². The Kier molecular flexibility index (Phi) is 6.05. The first-order chi connectivity index (χ1) is 16.9. The van der Waals surface area contributed by atoms with Gasteiger partial charge in [-0.1, -0.05) is 80.4 Å². The molecule has 35 heavy (non-hydrogen) atoms. The first kappa shape index (κ1) is 23.1. The molecule has 0 saturated heterocycles. The van der Waals surface area contributed by atoms with Crippen molar-refractivity contribution in [1.82, 2.24) is 0 Å². The van der Waals surface area contributed by atoms with E-state index in [1.54, 1.807) is 84.9 Å². The molecule has 0 saturated carbocycles. The van der Waals surface area contributed by atoms with Crippen LogP contribution in [0, 0.1) is 0 Å². The molecule has 0 spiro atoms. The Morgan fingerprint density at radius 2 is 1.09 bits per heavy atom. The standard InChI is InChI=1S/C28H15Br2NO4/c29-19-13-7-12-18-22(19)26(33)24-21(15-14-20(30)23(24)25(18)32)31(27(34)16-8-3-1-4-9-16)28(35)17-10-5-2-6-11-17/h1-15H. The monoisotopic (exact) mass is 587 g/mol. The van der Waals surface area contributed by atoms with Gasteiger partial charge >= 0.3 is 0 Å². The van der Waals surface area contributed by atoms with Gasteiger partial charge in [0.2, 0.25) is 0 Å². The molecule has 1 aliphatic rings. The third kappa shape index (κ3) is 3.87. The van der Waals surface area contributed by atoms with E-state index >= 15 is 0 Å². The topological polar surface area (TPSA) is 71.5 Å². The second-order valence-corrected chi connectivity index (χ2v) is 9.52. The third-order valence-electron chi connectivity index (χ3n) is 5.76. The lowest BCUT2D eigenvalue weighted by molar-refractivity contribution is 0.0895. The zero-order valence-corrected chi connectivity index (χ0v) is 21.2. The number of nitrogens with zero attached hydrogens (tertiary/aromatic N) is 1. The molecule has 5 rings (SSSR count). The number of carbonyl (C=O) groups excluding carboxylic acids is 4. The van der Waals surface area contributed by atoms with Crippen molar-refractivity contribution >= 4 is 60.9 Å². The van der Waals surface area contributed by atoms with Crippen LogP contribution in [-0.4, -0.2) is 23.4 Å². The van der Waals surface area contributed by atoms with Gasteiger partial charge in [0.15, 0.2) is 11.6 Å². The predicted molar refractivity (Wildman–Crippen MR) is 139 cm³/mol. The molecule has 170 valence electrons. The molecule has 0 bridgehead atoms. The molecule has 0 aliphatic heterocycles. The van der Waals surface area contributed by atoms with Gasteiger partial charge in [-0.2, -0.15) is 0 Å². The molecule has 0 fully saturated rings. The molecule has 2 amide bonds. The van der Waals surface area contributed by atoms with E-state index < -0.39 is 17.6 Å². The van der Waals surface area contributed by atoms with Crippen LogP contribution >= 0.6 is 31.9 Å². The molecule has 7 heteroatoms. The van der Waals surface area contributed by atoms with Crippen LogP contribution in [0.5, 0.6) is 0 Å². The number of imide groups is 1. The zero-order valence-electron chi connectivity index (χ0n) is 18.0. The average molecular weight is 589 g/mol. The quantitative estimate of drug-likeness (QED) is 0.226. The maximum atomic E-state index is 13.8. The van der Waals surface area contributed by atoms with Crippen molar-refractivity contribution in [2.75, 3.05) is 4.90 Å². The van der Waals surface area contributed by atoms with Gasteiger partial charge in [-0.3, -0.25) is 19.2 Å². The number of ketones is 2.